The molecule has 3 rings (SSSR count). The molecule has 122 valence electrons. The molecule has 1 aliphatic rings. The van der Waals surface area contributed by atoms with Gasteiger partial charge in [0.1, 0.15) is 5.76 Å². The average molecular weight is 317 g/mol. The van der Waals surface area contributed by atoms with Crippen LogP contribution in [0.25, 0.3) is 17.2 Å². The monoisotopic (exact) mass is 317 g/mol. The van der Waals surface area contributed by atoms with Crippen molar-refractivity contribution in [2.75, 3.05) is 13.7 Å². The van der Waals surface area contributed by atoms with E-state index < -0.39 is 0 Å². The third-order valence-corrected chi connectivity index (χ3v) is 4.13. The smallest absolute Gasteiger partial charge is 0.114 e. The molecular formula is C22H23NO. The first-order chi connectivity index (χ1) is 11.8. The fourth-order valence-electron chi connectivity index (χ4n) is 2.74. The van der Waals surface area contributed by atoms with Gasteiger partial charge in [-0.25, -0.2) is 0 Å². The normalized spacial score (nSPS) is 17.0. The summed E-state index contributed by atoms with van der Waals surface area (Å²) in [5.41, 5.74) is 3.72. The van der Waals surface area contributed by atoms with E-state index in [0.717, 1.165) is 18.7 Å². The van der Waals surface area contributed by atoms with Crippen LogP contribution in [-0.2, 0) is 4.74 Å². The van der Waals surface area contributed by atoms with Crippen LogP contribution in [0.3, 0.4) is 0 Å². The van der Waals surface area contributed by atoms with Crippen molar-refractivity contribution in [1.29, 1.82) is 0 Å². The number of hydrogen-bond donors (Lipinski definition) is 1. The average Bonchev–Trinajstić information content (AvgIpc) is 2.67. The highest BCUT2D eigenvalue weighted by Crippen LogP contribution is 2.19. The second-order valence-corrected chi connectivity index (χ2v) is 5.81. The van der Waals surface area contributed by atoms with Gasteiger partial charge in [0.2, 0.25) is 0 Å². The van der Waals surface area contributed by atoms with Crippen LogP contribution in [0, 0.1) is 0 Å². The Morgan fingerprint density at radius 1 is 1.04 bits per heavy atom. The Labute approximate surface area is 144 Å². The van der Waals surface area contributed by atoms with Gasteiger partial charge in [0.25, 0.3) is 0 Å². The topological polar surface area (TPSA) is 21.3 Å². The van der Waals surface area contributed by atoms with E-state index in [4.69, 9.17) is 4.74 Å². The Bertz CT molecular complexity index is 726. The molecule has 1 aliphatic carbocycles. The van der Waals surface area contributed by atoms with E-state index in [9.17, 15) is 0 Å². The fraction of sp³-hybridized carbons (Fsp3) is 0.182. The molecular weight excluding hydrogens is 294 g/mol. The molecule has 1 unspecified atom stereocenters. The van der Waals surface area contributed by atoms with Gasteiger partial charge in [-0.15, -0.1) is 0 Å². The summed E-state index contributed by atoms with van der Waals surface area (Å²) < 4.78 is 5.20. The molecule has 0 aromatic heterocycles. The van der Waals surface area contributed by atoms with Crippen LogP contribution in [0.1, 0.15) is 12.0 Å². The molecule has 2 nitrogen and oxygen atoms in total. The van der Waals surface area contributed by atoms with E-state index in [0.29, 0.717) is 6.04 Å². The number of nitrogens with one attached hydrogen (secondary N) is 1. The first-order valence-corrected chi connectivity index (χ1v) is 8.33. The van der Waals surface area contributed by atoms with Gasteiger partial charge in [0.15, 0.2) is 0 Å². The van der Waals surface area contributed by atoms with Gasteiger partial charge < -0.3 is 10.1 Å². The van der Waals surface area contributed by atoms with Crippen LogP contribution in [0.4, 0.5) is 0 Å². The summed E-state index contributed by atoms with van der Waals surface area (Å²) in [7, 11) is 1.70. The zero-order valence-electron chi connectivity index (χ0n) is 14.0. The molecule has 1 N–H and O–H groups in total. The molecule has 0 saturated heterocycles. The summed E-state index contributed by atoms with van der Waals surface area (Å²) in [5, 5.41) is 3.50. The maximum atomic E-state index is 5.20. The molecule has 0 amide bonds. The van der Waals surface area contributed by atoms with Gasteiger partial charge in [0.05, 0.1) is 7.11 Å². The Hall–Kier alpha value is -2.58. The number of hydrogen-bond acceptors (Lipinski definition) is 2. The Balaban J connectivity index is 1.49. The minimum Gasteiger partial charge on any atom is -0.497 e. The van der Waals surface area contributed by atoms with E-state index in [1.807, 2.05) is 12.1 Å². The van der Waals surface area contributed by atoms with E-state index in [-0.39, 0.29) is 0 Å². The summed E-state index contributed by atoms with van der Waals surface area (Å²) in [6.45, 7) is 0.853. The van der Waals surface area contributed by atoms with Crippen LogP contribution in [0.15, 0.2) is 84.7 Å². The number of allylic oxidation sites excluding steroid dienone is 1. The van der Waals surface area contributed by atoms with Crippen molar-refractivity contribution >= 4 is 6.08 Å². The van der Waals surface area contributed by atoms with Crippen molar-refractivity contribution < 1.29 is 4.74 Å². The Morgan fingerprint density at radius 2 is 1.79 bits per heavy atom. The van der Waals surface area contributed by atoms with Crippen LogP contribution in [0.5, 0.6) is 0 Å². The summed E-state index contributed by atoms with van der Waals surface area (Å²) in [6, 6.07) is 19.5. The first-order valence-electron chi connectivity index (χ1n) is 8.33. The third-order valence-electron chi connectivity index (χ3n) is 4.13. The lowest BCUT2D eigenvalue weighted by atomic mass is 10.0. The third kappa shape index (κ3) is 4.46. The number of methoxy groups -OCH3 is 1. The van der Waals surface area contributed by atoms with Gasteiger partial charge in [-0.3, -0.25) is 0 Å². The highest BCUT2D eigenvalue weighted by Gasteiger charge is 2.06. The van der Waals surface area contributed by atoms with E-state index in [1.165, 1.54) is 16.7 Å². The summed E-state index contributed by atoms with van der Waals surface area (Å²) in [6.07, 6.45) is 11.6. The summed E-state index contributed by atoms with van der Waals surface area (Å²) >= 11 is 0. The largest absolute Gasteiger partial charge is 0.497 e. The molecule has 0 heterocycles. The maximum absolute atomic E-state index is 5.20. The van der Waals surface area contributed by atoms with Crippen LogP contribution >= 0.6 is 0 Å². The number of ether oxygens (including phenoxy) is 1. The van der Waals surface area contributed by atoms with E-state index in [2.05, 4.69) is 78.2 Å². The lowest BCUT2D eigenvalue weighted by Gasteiger charge is -2.16. The summed E-state index contributed by atoms with van der Waals surface area (Å²) in [5.74, 6) is 0.946. The van der Waals surface area contributed by atoms with Crippen LogP contribution in [0.2, 0.25) is 0 Å². The molecule has 0 fully saturated rings. The predicted molar refractivity (Wildman–Crippen MR) is 102 cm³/mol. The minimum atomic E-state index is 0.383. The standard InChI is InChI=1S/C22H23NO/c1-24-22-15-13-21(14-16-22)23-17-5-6-18-9-11-20(12-10-18)19-7-3-2-4-8-19/h2-13,15-16,21,23H,14,17H2,1H3/b6-5+. The maximum Gasteiger partial charge on any atom is 0.114 e. The predicted octanol–water partition coefficient (Wildman–Crippen LogP) is 4.82. The minimum absolute atomic E-state index is 0.383. The van der Waals surface area contributed by atoms with Crippen molar-refractivity contribution in [3.63, 3.8) is 0 Å². The molecule has 0 radical (unpaired) electrons. The molecule has 0 aliphatic heterocycles. The lowest BCUT2D eigenvalue weighted by molar-refractivity contribution is 0.302. The second kappa shape index (κ2) is 8.32. The van der Waals surface area contributed by atoms with Gasteiger partial charge >= 0.3 is 0 Å². The van der Waals surface area contributed by atoms with Crippen molar-refractivity contribution in [3.8, 4) is 11.1 Å². The number of rotatable bonds is 6. The molecule has 2 heteroatoms. The molecule has 0 spiro atoms. The molecule has 24 heavy (non-hydrogen) atoms. The SMILES string of the molecule is COC1=CCC(NC/C=C/c2ccc(-c3ccccc3)cc2)C=C1. The van der Waals surface area contributed by atoms with E-state index >= 15 is 0 Å². The zero-order chi connectivity index (χ0) is 16.6. The second-order valence-electron chi connectivity index (χ2n) is 5.81. The van der Waals surface area contributed by atoms with Gasteiger partial charge in [-0.1, -0.05) is 72.8 Å². The van der Waals surface area contributed by atoms with Gasteiger partial charge in [-0.2, -0.15) is 0 Å². The van der Waals surface area contributed by atoms with Crippen LogP contribution < -0.4 is 5.32 Å². The quantitative estimate of drug-likeness (QED) is 0.825. The molecule has 2 aromatic rings. The van der Waals surface area contributed by atoms with Gasteiger partial charge in [-0.05, 0) is 35.3 Å². The molecule has 2 aromatic carbocycles. The van der Waals surface area contributed by atoms with E-state index in [1.54, 1.807) is 7.11 Å². The van der Waals surface area contributed by atoms with Crippen molar-refractivity contribution in [2.24, 2.45) is 0 Å². The Morgan fingerprint density at radius 3 is 2.46 bits per heavy atom. The fourth-order valence-corrected chi connectivity index (χ4v) is 2.74. The zero-order valence-corrected chi connectivity index (χ0v) is 14.0. The molecule has 1 atom stereocenters. The highest BCUT2D eigenvalue weighted by atomic mass is 16.5. The number of benzene rings is 2. The highest BCUT2D eigenvalue weighted by molar-refractivity contribution is 5.65. The van der Waals surface area contributed by atoms with Gasteiger partial charge in [0, 0.05) is 12.6 Å². The van der Waals surface area contributed by atoms with Crippen molar-refractivity contribution in [2.45, 2.75) is 12.5 Å². The summed E-state index contributed by atoms with van der Waals surface area (Å²) in [4.78, 5) is 0. The first kappa shape index (κ1) is 16.3. The molecule has 0 saturated carbocycles. The van der Waals surface area contributed by atoms with Crippen molar-refractivity contribution in [1.82, 2.24) is 5.32 Å². The Kier molecular flexibility index (Phi) is 5.65. The van der Waals surface area contributed by atoms with Crippen molar-refractivity contribution in [3.05, 3.63) is 90.2 Å². The van der Waals surface area contributed by atoms with Crippen LogP contribution in [-0.4, -0.2) is 19.7 Å². The molecule has 0 bridgehead atoms. The lowest BCUT2D eigenvalue weighted by Crippen LogP contribution is -2.27.